The van der Waals surface area contributed by atoms with Gasteiger partial charge in [0, 0.05) is 12.1 Å². The van der Waals surface area contributed by atoms with E-state index in [0.29, 0.717) is 16.4 Å². The summed E-state index contributed by atoms with van der Waals surface area (Å²) in [4.78, 5) is 25.6. The highest BCUT2D eigenvalue weighted by Crippen LogP contribution is 2.29. The van der Waals surface area contributed by atoms with Gasteiger partial charge in [-0.2, -0.15) is 0 Å². The van der Waals surface area contributed by atoms with Crippen LogP contribution in [0.25, 0.3) is 0 Å². The van der Waals surface area contributed by atoms with Crippen LogP contribution in [0.4, 0.5) is 0 Å². The number of amides is 1. The molecule has 17 heavy (non-hydrogen) atoms. The van der Waals surface area contributed by atoms with E-state index in [1.54, 1.807) is 24.3 Å². The Morgan fingerprint density at radius 2 is 2.06 bits per heavy atom. The first-order valence-corrected chi connectivity index (χ1v) is 6.55. The predicted octanol–water partition coefficient (Wildman–Crippen LogP) is 2.12. The first-order valence-electron chi connectivity index (χ1n) is 5.26. The van der Waals surface area contributed by atoms with Gasteiger partial charge >= 0.3 is 0 Å². The van der Waals surface area contributed by atoms with E-state index < -0.39 is 5.25 Å². The minimum absolute atomic E-state index is 0.168. The van der Waals surface area contributed by atoms with Crippen molar-refractivity contribution in [2.24, 2.45) is 0 Å². The highest BCUT2D eigenvalue weighted by molar-refractivity contribution is 8.24. The second-order valence-corrected chi connectivity index (χ2v) is 5.32. The second kappa shape index (κ2) is 4.98. The SMILES string of the molecule is CCN1C(=O)[C@H](C(=O)c2ccccc2)SC1=S. The molecule has 1 aromatic rings. The summed E-state index contributed by atoms with van der Waals surface area (Å²) in [6.07, 6.45) is 0. The molecule has 1 fully saturated rings. The topological polar surface area (TPSA) is 37.4 Å². The summed E-state index contributed by atoms with van der Waals surface area (Å²) in [5.41, 5.74) is 0.555. The van der Waals surface area contributed by atoms with Crippen molar-refractivity contribution in [1.82, 2.24) is 4.90 Å². The van der Waals surface area contributed by atoms with Crippen LogP contribution >= 0.6 is 24.0 Å². The number of rotatable bonds is 3. The molecule has 0 aromatic heterocycles. The molecule has 2 rings (SSSR count). The van der Waals surface area contributed by atoms with Gasteiger partial charge in [-0.1, -0.05) is 54.3 Å². The minimum atomic E-state index is -0.704. The summed E-state index contributed by atoms with van der Waals surface area (Å²) in [5, 5.41) is -0.704. The van der Waals surface area contributed by atoms with Crippen molar-refractivity contribution in [3.63, 3.8) is 0 Å². The molecule has 1 aliphatic heterocycles. The number of thiocarbonyl (C=S) groups is 1. The Balaban J connectivity index is 2.23. The Morgan fingerprint density at radius 3 is 2.59 bits per heavy atom. The summed E-state index contributed by atoms with van der Waals surface area (Å²) >= 11 is 6.25. The maximum absolute atomic E-state index is 12.1. The number of ketones is 1. The molecule has 1 heterocycles. The van der Waals surface area contributed by atoms with E-state index in [-0.39, 0.29) is 11.7 Å². The highest BCUT2D eigenvalue weighted by atomic mass is 32.2. The third-order valence-corrected chi connectivity index (χ3v) is 4.12. The van der Waals surface area contributed by atoms with Crippen LogP contribution in [0, 0.1) is 0 Å². The van der Waals surface area contributed by atoms with Gasteiger partial charge < -0.3 is 0 Å². The molecule has 0 bridgehead atoms. The van der Waals surface area contributed by atoms with Crippen molar-refractivity contribution in [1.29, 1.82) is 0 Å². The average Bonchev–Trinajstić information content (AvgIpc) is 2.64. The van der Waals surface area contributed by atoms with Gasteiger partial charge in [0.1, 0.15) is 4.32 Å². The number of hydrogen-bond donors (Lipinski definition) is 0. The number of benzene rings is 1. The molecule has 1 aromatic carbocycles. The summed E-state index contributed by atoms with van der Waals surface area (Å²) in [7, 11) is 0. The lowest BCUT2D eigenvalue weighted by atomic mass is 10.1. The molecular weight excluding hydrogens is 254 g/mol. The van der Waals surface area contributed by atoms with Crippen LogP contribution in [0.15, 0.2) is 30.3 Å². The molecule has 1 aliphatic rings. The quantitative estimate of drug-likeness (QED) is 0.476. The van der Waals surface area contributed by atoms with Crippen molar-refractivity contribution in [3.05, 3.63) is 35.9 Å². The lowest BCUT2D eigenvalue weighted by Crippen LogP contribution is -2.34. The van der Waals surface area contributed by atoms with Gasteiger partial charge in [0.05, 0.1) is 0 Å². The van der Waals surface area contributed by atoms with Crippen molar-refractivity contribution in [2.75, 3.05) is 6.54 Å². The normalized spacial score (nSPS) is 19.8. The fourth-order valence-corrected chi connectivity index (χ4v) is 3.18. The van der Waals surface area contributed by atoms with Gasteiger partial charge in [-0.25, -0.2) is 0 Å². The average molecular weight is 265 g/mol. The van der Waals surface area contributed by atoms with E-state index in [9.17, 15) is 9.59 Å². The second-order valence-electron chi connectivity index (χ2n) is 3.58. The lowest BCUT2D eigenvalue weighted by Gasteiger charge is -2.11. The van der Waals surface area contributed by atoms with Crippen LogP contribution in [-0.2, 0) is 4.79 Å². The molecule has 1 saturated heterocycles. The molecule has 5 heteroatoms. The van der Waals surface area contributed by atoms with Gasteiger partial charge in [0.2, 0.25) is 5.91 Å². The van der Waals surface area contributed by atoms with E-state index in [4.69, 9.17) is 12.2 Å². The molecule has 0 saturated carbocycles. The van der Waals surface area contributed by atoms with E-state index >= 15 is 0 Å². The Hall–Kier alpha value is -1.20. The number of carbonyl (C=O) groups is 2. The summed E-state index contributed by atoms with van der Waals surface area (Å²) < 4.78 is 0.492. The number of thioether (sulfide) groups is 1. The number of hydrogen-bond acceptors (Lipinski definition) is 4. The zero-order chi connectivity index (χ0) is 12.4. The Morgan fingerprint density at radius 1 is 1.41 bits per heavy atom. The lowest BCUT2D eigenvalue weighted by molar-refractivity contribution is -0.125. The van der Waals surface area contributed by atoms with E-state index in [2.05, 4.69) is 0 Å². The zero-order valence-corrected chi connectivity index (χ0v) is 10.9. The smallest absolute Gasteiger partial charge is 0.249 e. The maximum atomic E-state index is 12.1. The molecule has 1 amide bonds. The fourth-order valence-electron chi connectivity index (χ4n) is 1.65. The van der Waals surface area contributed by atoms with E-state index in [1.165, 1.54) is 16.7 Å². The van der Waals surface area contributed by atoms with E-state index in [1.807, 2.05) is 13.0 Å². The van der Waals surface area contributed by atoms with Crippen LogP contribution in [0.5, 0.6) is 0 Å². The molecule has 0 aliphatic carbocycles. The molecule has 88 valence electrons. The number of carbonyl (C=O) groups excluding carboxylic acids is 2. The van der Waals surface area contributed by atoms with Crippen LogP contribution in [0.2, 0.25) is 0 Å². The fraction of sp³-hybridized carbons (Fsp3) is 0.250. The van der Waals surface area contributed by atoms with Crippen LogP contribution in [-0.4, -0.2) is 32.7 Å². The van der Waals surface area contributed by atoms with Crippen molar-refractivity contribution in [3.8, 4) is 0 Å². The number of nitrogens with zero attached hydrogens (tertiary/aromatic N) is 1. The molecule has 0 spiro atoms. The predicted molar refractivity (Wildman–Crippen MR) is 72.1 cm³/mol. The standard InChI is InChI=1S/C12H11NO2S2/c1-2-13-11(15)10(17-12(13)16)9(14)8-6-4-3-5-7-8/h3-7,10H,2H2,1H3/t10-/m0/s1. The van der Waals surface area contributed by atoms with Gasteiger partial charge in [0.25, 0.3) is 0 Å². The number of Topliss-reactive ketones (excluding diaryl/α,β-unsaturated/α-hetero) is 1. The van der Waals surface area contributed by atoms with Gasteiger partial charge in [0.15, 0.2) is 11.0 Å². The molecule has 0 radical (unpaired) electrons. The summed E-state index contributed by atoms with van der Waals surface area (Å²) in [5.74, 6) is -0.366. The maximum Gasteiger partial charge on any atom is 0.249 e. The molecule has 0 unspecified atom stereocenters. The van der Waals surface area contributed by atoms with Gasteiger partial charge in [-0.3, -0.25) is 14.5 Å². The highest BCUT2D eigenvalue weighted by Gasteiger charge is 2.40. The summed E-state index contributed by atoms with van der Waals surface area (Å²) in [6.45, 7) is 2.36. The van der Waals surface area contributed by atoms with Gasteiger partial charge in [-0.05, 0) is 6.92 Å². The molecule has 3 nitrogen and oxygen atoms in total. The van der Waals surface area contributed by atoms with Crippen LogP contribution in [0.3, 0.4) is 0 Å². The Labute approximate surface area is 109 Å². The van der Waals surface area contributed by atoms with E-state index in [0.717, 1.165) is 0 Å². The molecule has 1 atom stereocenters. The van der Waals surface area contributed by atoms with Crippen molar-refractivity contribution >= 4 is 40.0 Å². The molecular formula is C12H11NO2S2. The Kier molecular flexibility index (Phi) is 3.59. The van der Waals surface area contributed by atoms with Crippen LogP contribution in [0.1, 0.15) is 17.3 Å². The Bertz CT molecular complexity index is 473. The monoisotopic (exact) mass is 265 g/mol. The third kappa shape index (κ3) is 2.25. The van der Waals surface area contributed by atoms with Crippen molar-refractivity contribution in [2.45, 2.75) is 12.2 Å². The van der Waals surface area contributed by atoms with Crippen LogP contribution < -0.4 is 0 Å². The third-order valence-electron chi connectivity index (χ3n) is 2.54. The minimum Gasteiger partial charge on any atom is -0.297 e. The first-order chi connectivity index (χ1) is 8.15. The van der Waals surface area contributed by atoms with Gasteiger partial charge in [-0.15, -0.1) is 0 Å². The summed E-state index contributed by atoms with van der Waals surface area (Å²) in [6, 6.07) is 8.84. The first kappa shape index (κ1) is 12.3. The largest absolute Gasteiger partial charge is 0.297 e. The van der Waals surface area contributed by atoms with Crippen molar-refractivity contribution < 1.29 is 9.59 Å². The zero-order valence-electron chi connectivity index (χ0n) is 9.25. The molecule has 0 N–H and O–H groups in total.